The van der Waals surface area contributed by atoms with Crippen molar-refractivity contribution in [3.8, 4) is 0 Å². The van der Waals surface area contributed by atoms with Gasteiger partial charge in [-0.15, -0.1) is 0 Å². The zero-order valence-corrected chi connectivity index (χ0v) is 16.2. The first-order chi connectivity index (χ1) is 12.5. The molecule has 2 heterocycles. The predicted octanol–water partition coefficient (Wildman–Crippen LogP) is 2.40. The molecule has 0 amide bonds. The Bertz CT molecular complexity index is 698. The van der Waals surface area contributed by atoms with E-state index < -0.39 is 10.1 Å². The van der Waals surface area contributed by atoms with Crippen molar-refractivity contribution in [2.75, 3.05) is 39.2 Å². The van der Waals surface area contributed by atoms with Gasteiger partial charge in [0.25, 0.3) is 10.1 Å². The van der Waals surface area contributed by atoms with E-state index in [1.165, 1.54) is 18.4 Å². The van der Waals surface area contributed by atoms with Crippen molar-refractivity contribution in [1.29, 1.82) is 0 Å². The van der Waals surface area contributed by atoms with E-state index in [4.69, 9.17) is 8.92 Å². The number of piperidine rings is 1. The van der Waals surface area contributed by atoms with Crippen LogP contribution in [0, 0.1) is 5.92 Å². The van der Waals surface area contributed by atoms with Crippen LogP contribution >= 0.6 is 0 Å². The zero-order chi connectivity index (χ0) is 18.4. The molecule has 2 aliphatic heterocycles. The molecule has 0 saturated carbocycles. The van der Waals surface area contributed by atoms with E-state index >= 15 is 0 Å². The van der Waals surface area contributed by atoms with Gasteiger partial charge in [0.15, 0.2) is 6.73 Å². The minimum atomic E-state index is -3.43. The van der Waals surface area contributed by atoms with Gasteiger partial charge in [0.2, 0.25) is 0 Å². The van der Waals surface area contributed by atoms with Gasteiger partial charge in [0.05, 0.1) is 6.26 Å². The molecule has 0 bridgehead atoms. The molecule has 0 spiro atoms. The molecule has 2 aliphatic rings. The third-order valence-electron chi connectivity index (χ3n) is 4.94. The molecule has 0 radical (unpaired) electrons. The van der Waals surface area contributed by atoms with Gasteiger partial charge in [-0.05, 0) is 43.8 Å². The van der Waals surface area contributed by atoms with E-state index in [9.17, 15) is 8.42 Å². The highest BCUT2D eigenvalue weighted by atomic mass is 32.2. The Morgan fingerprint density at radius 1 is 1.19 bits per heavy atom. The normalized spacial score (nSPS) is 19.4. The van der Waals surface area contributed by atoms with Crippen LogP contribution in [0.15, 0.2) is 42.3 Å². The van der Waals surface area contributed by atoms with Crippen LogP contribution in [0.1, 0.15) is 24.8 Å². The summed E-state index contributed by atoms with van der Waals surface area (Å²) in [5, 5.41) is 0. The molecule has 7 heteroatoms. The summed E-state index contributed by atoms with van der Waals surface area (Å²) < 4.78 is 32.3. The first kappa shape index (κ1) is 19.2. The van der Waals surface area contributed by atoms with Gasteiger partial charge in [-0.2, -0.15) is 8.42 Å². The average molecular weight is 381 g/mol. The molecule has 26 heavy (non-hydrogen) atoms. The molecule has 0 aromatic heterocycles. The van der Waals surface area contributed by atoms with Crippen LogP contribution in [-0.2, 0) is 25.6 Å². The van der Waals surface area contributed by atoms with Crippen LogP contribution < -0.4 is 0 Å². The number of benzene rings is 1. The maximum absolute atomic E-state index is 11.0. The Labute approximate surface area is 156 Å². The minimum Gasteiger partial charge on any atom is -0.473 e. The number of rotatable bonds is 8. The van der Waals surface area contributed by atoms with E-state index in [0.717, 1.165) is 44.8 Å². The summed E-state index contributed by atoms with van der Waals surface area (Å²) in [5.41, 5.74) is 1.38. The van der Waals surface area contributed by atoms with Crippen LogP contribution in [0.25, 0.3) is 0 Å². The van der Waals surface area contributed by atoms with Crippen LogP contribution in [0.4, 0.5) is 0 Å². The molecule has 0 unspecified atom stereocenters. The van der Waals surface area contributed by atoms with Gasteiger partial charge in [0.1, 0.15) is 12.4 Å². The van der Waals surface area contributed by atoms with Crippen molar-refractivity contribution < 1.29 is 17.3 Å². The van der Waals surface area contributed by atoms with Gasteiger partial charge in [-0.1, -0.05) is 30.3 Å². The highest BCUT2D eigenvalue weighted by molar-refractivity contribution is 7.85. The molecule has 6 nitrogen and oxygen atoms in total. The Morgan fingerprint density at radius 3 is 2.62 bits per heavy atom. The Balaban J connectivity index is 1.34. The summed E-state index contributed by atoms with van der Waals surface area (Å²) in [5.74, 6) is 1.32. The maximum Gasteiger partial charge on any atom is 0.264 e. The number of hydrogen-bond acceptors (Lipinski definition) is 6. The lowest BCUT2D eigenvalue weighted by Gasteiger charge is -2.32. The number of hydrogen-bond donors (Lipinski definition) is 0. The number of likely N-dealkylation sites (tertiary alicyclic amines) is 1. The fraction of sp³-hybridized carbons (Fsp3) is 0.579. The van der Waals surface area contributed by atoms with E-state index in [1.54, 1.807) is 0 Å². The van der Waals surface area contributed by atoms with Gasteiger partial charge < -0.3 is 9.64 Å². The summed E-state index contributed by atoms with van der Waals surface area (Å²) in [7, 11) is -3.43. The molecular formula is C19H28N2O4S. The third-order valence-corrected chi connectivity index (χ3v) is 5.48. The summed E-state index contributed by atoms with van der Waals surface area (Å²) in [4.78, 5) is 4.63. The van der Waals surface area contributed by atoms with Crippen molar-refractivity contribution in [3.05, 3.63) is 47.9 Å². The van der Waals surface area contributed by atoms with Crippen molar-refractivity contribution in [1.82, 2.24) is 9.80 Å². The molecule has 1 aromatic rings. The number of nitrogens with zero attached hydrogens (tertiary/aromatic N) is 2. The molecule has 1 saturated heterocycles. The van der Waals surface area contributed by atoms with Crippen LogP contribution in [0.2, 0.25) is 0 Å². The quantitative estimate of drug-likeness (QED) is 0.646. The zero-order valence-electron chi connectivity index (χ0n) is 15.3. The molecule has 0 atom stereocenters. The standard InChI is InChI=1S/C19H28N2O4S/c1-26(22,23)25-15-19-14-21(16-24-19)12-9-17-7-10-20(11-8-17)13-18-5-3-2-4-6-18/h2-6,14,17H,7-13,15-16H2,1H3. The highest BCUT2D eigenvalue weighted by Gasteiger charge is 2.21. The van der Waals surface area contributed by atoms with Gasteiger partial charge in [-0.25, -0.2) is 0 Å². The maximum atomic E-state index is 11.0. The van der Waals surface area contributed by atoms with Crippen LogP contribution in [0.3, 0.4) is 0 Å². The molecular weight excluding hydrogens is 352 g/mol. The lowest BCUT2D eigenvalue weighted by molar-refractivity contribution is 0.121. The van der Waals surface area contributed by atoms with Crippen LogP contribution in [-0.4, -0.2) is 57.4 Å². The van der Waals surface area contributed by atoms with Crippen molar-refractivity contribution in [2.24, 2.45) is 5.92 Å². The molecule has 0 N–H and O–H groups in total. The van der Waals surface area contributed by atoms with Crippen molar-refractivity contribution in [3.63, 3.8) is 0 Å². The van der Waals surface area contributed by atoms with E-state index in [0.29, 0.717) is 12.5 Å². The van der Waals surface area contributed by atoms with Gasteiger partial charge in [-0.3, -0.25) is 9.08 Å². The Hall–Kier alpha value is -1.57. The Morgan fingerprint density at radius 2 is 1.92 bits per heavy atom. The summed E-state index contributed by atoms with van der Waals surface area (Å²) in [6, 6.07) is 10.6. The first-order valence-electron chi connectivity index (χ1n) is 9.16. The lowest BCUT2D eigenvalue weighted by atomic mass is 9.93. The number of ether oxygens (including phenoxy) is 1. The van der Waals surface area contributed by atoms with E-state index in [-0.39, 0.29) is 6.61 Å². The van der Waals surface area contributed by atoms with Crippen molar-refractivity contribution in [2.45, 2.75) is 25.8 Å². The second-order valence-electron chi connectivity index (χ2n) is 7.14. The first-order valence-corrected chi connectivity index (χ1v) is 11.0. The topological polar surface area (TPSA) is 59.1 Å². The lowest BCUT2D eigenvalue weighted by Crippen LogP contribution is -2.34. The smallest absolute Gasteiger partial charge is 0.264 e. The largest absolute Gasteiger partial charge is 0.473 e. The third kappa shape index (κ3) is 6.30. The highest BCUT2D eigenvalue weighted by Crippen LogP contribution is 2.23. The van der Waals surface area contributed by atoms with Crippen molar-refractivity contribution >= 4 is 10.1 Å². The second kappa shape index (κ2) is 8.88. The summed E-state index contributed by atoms with van der Waals surface area (Å²) in [6.07, 6.45) is 6.52. The Kier molecular flexibility index (Phi) is 6.56. The van der Waals surface area contributed by atoms with E-state index in [2.05, 4.69) is 40.1 Å². The van der Waals surface area contributed by atoms with Gasteiger partial charge >= 0.3 is 0 Å². The monoisotopic (exact) mass is 380 g/mol. The molecule has 3 rings (SSSR count). The van der Waals surface area contributed by atoms with E-state index in [1.807, 2.05) is 6.20 Å². The fourth-order valence-corrected chi connectivity index (χ4v) is 3.77. The predicted molar refractivity (Wildman–Crippen MR) is 101 cm³/mol. The fourth-order valence-electron chi connectivity index (χ4n) is 3.44. The van der Waals surface area contributed by atoms with Gasteiger partial charge in [0, 0.05) is 19.3 Å². The summed E-state index contributed by atoms with van der Waals surface area (Å²) in [6.45, 7) is 4.74. The molecule has 1 fully saturated rings. The minimum absolute atomic E-state index is 0.0206. The molecule has 1 aromatic carbocycles. The SMILES string of the molecule is CS(=O)(=O)OCC1=CN(CCC2CCN(Cc3ccccc3)CC2)CO1. The summed E-state index contributed by atoms with van der Waals surface area (Å²) >= 11 is 0. The second-order valence-corrected chi connectivity index (χ2v) is 8.79. The molecule has 144 valence electrons. The molecule has 0 aliphatic carbocycles. The average Bonchev–Trinajstić information content (AvgIpc) is 3.08. The van der Waals surface area contributed by atoms with Crippen LogP contribution in [0.5, 0.6) is 0 Å².